The van der Waals surface area contributed by atoms with Gasteiger partial charge in [-0.3, -0.25) is 4.79 Å². The molecule has 0 aliphatic carbocycles. The Kier molecular flexibility index (Phi) is 5.21. The van der Waals surface area contributed by atoms with E-state index in [4.69, 9.17) is 9.52 Å². The minimum Gasteiger partial charge on any atom is -0.478 e. The number of hydrogen-bond donors (Lipinski definition) is 1. The molecule has 6 nitrogen and oxygen atoms in total. The average Bonchev–Trinajstić information content (AvgIpc) is 3.34. The lowest BCUT2D eigenvalue weighted by atomic mass is 10.1. The van der Waals surface area contributed by atoms with E-state index in [1.165, 1.54) is 47.5 Å². The number of rotatable bonds is 5. The molecule has 1 amide bonds. The van der Waals surface area contributed by atoms with Crippen LogP contribution in [0.15, 0.2) is 75.8 Å². The van der Waals surface area contributed by atoms with E-state index in [1.807, 2.05) is 0 Å². The highest BCUT2D eigenvalue weighted by Gasteiger charge is 2.29. The summed E-state index contributed by atoms with van der Waals surface area (Å²) in [5.74, 6) is -0.892. The van der Waals surface area contributed by atoms with E-state index in [9.17, 15) is 18.4 Å². The van der Waals surface area contributed by atoms with Gasteiger partial charge >= 0.3 is 5.97 Å². The van der Waals surface area contributed by atoms with Crippen LogP contribution in [0.5, 0.6) is 0 Å². The van der Waals surface area contributed by atoms with Gasteiger partial charge in [-0.05, 0) is 49.4 Å². The lowest BCUT2D eigenvalue weighted by Gasteiger charge is -2.11. The van der Waals surface area contributed by atoms with Crippen LogP contribution in [0, 0.1) is 0 Å². The Bertz CT molecular complexity index is 1230. The van der Waals surface area contributed by atoms with E-state index in [1.54, 1.807) is 31.2 Å². The highest BCUT2D eigenvalue weighted by molar-refractivity contribution is 6.32. The quantitative estimate of drug-likeness (QED) is 0.559. The molecule has 2 aromatic carbocycles. The van der Waals surface area contributed by atoms with Crippen molar-refractivity contribution in [2.24, 2.45) is 5.10 Å². The summed E-state index contributed by atoms with van der Waals surface area (Å²) in [5.41, 5.74) is 1.39. The Balaban J connectivity index is 1.61. The molecule has 0 spiro atoms. The van der Waals surface area contributed by atoms with Crippen molar-refractivity contribution < 1.29 is 27.9 Å². The van der Waals surface area contributed by atoms with Gasteiger partial charge in [-0.1, -0.05) is 24.3 Å². The number of carboxylic acid groups (broad SMARTS) is 1. The zero-order valence-corrected chi connectivity index (χ0v) is 16.3. The maximum absolute atomic E-state index is 13.3. The fourth-order valence-corrected chi connectivity index (χ4v) is 3.23. The highest BCUT2D eigenvalue weighted by Crippen LogP contribution is 2.33. The van der Waals surface area contributed by atoms with Crippen molar-refractivity contribution in [1.82, 2.24) is 0 Å². The second-order valence-electron chi connectivity index (χ2n) is 6.80. The lowest BCUT2D eigenvalue weighted by Crippen LogP contribution is -2.21. The second kappa shape index (κ2) is 7.98. The molecule has 0 bridgehead atoms. The molecule has 0 atom stereocenters. The molecular weight excluding hydrogens is 406 g/mol. The molecule has 1 aliphatic rings. The van der Waals surface area contributed by atoms with E-state index in [0.717, 1.165) is 0 Å². The Morgan fingerprint density at radius 2 is 1.81 bits per heavy atom. The molecule has 4 rings (SSSR count). The summed E-state index contributed by atoms with van der Waals surface area (Å²) >= 11 is 0. The molecular formula is C23H16F2N2O4. The molecule has 1 N–H and O–H groups in total. The molecule has 0 radical (unpaired) electrons. The SMILES string of the molecule is CC1=NN(c2ccc(C(=O)O)cc2)C(=O)C1=Cc1ccc(-c2ccccc2C(F)F)o1. The molecule has 0 unspecified atom stereocenters. The number of nitrogens with zero attached hydrogens (tertiary/aromatic N) is 2. The third-order valence-electron chi connectivity index (χ3n) is 4.80. The molecule has 1 aliphatic heterocycles. The van der Waals surface area contributed by atoms with Crippen molar-refractivity contribution in [2.75, 3.05) is 5.01 Å². The highest BCUT2D eigenvalue weighted by atomic mass is 19.3. The normalized spacial score (nSPS) is 15.1. The first-order valence-corrected chi connectivity index (χ1v) is 9.27. The third kappa shape index (κ3) is 3.87. The molecule has 1 aromatic heterocycles. The van der Waals surface area contributed by atoms with Crippen LogP contribution in [0.1, 0.15) is 35.0 Å². The summed E-state index contributed by atoms with van der Waals surface area (Å²) in [7, 11) is 0. The number of halogens is 2. The molecule has 156 valence electrons. The van der Waals surface area contributed by atoms with Crippen LogP contribution in [0.25, 0.3) is 17.4 Å². The first kappa shape index (κ1) is 20.2. The van der Waals surface area contributed by atoms with Gasteiger partial charge in [0.15, 0.2) is 0 Å². The predicted octanol–water partition coefficient (Wildman–Crippen LogP) is 5.39. The van der Waals surface area contributed by atoms with Crippen LogP contribution in [-0.2, 0) is 4.79 Å². The second-order valence-corrected chi connectivity index (χ2v) is 6.80. The van der Waals surface area contributed by atoms with Crippen LogP contribution in [0.3, 0.4) is 0 Å². The van der Waals surface area contributed by atoms with E-state index in [0.29, 0.717) is 17.2 Å². The number of anilines is 1. The van der Waals surface area contributed by atoms with Gasteiger partial charge in [0.2, 0.25) is 0 Å². The fraction of sp³-hybridized carbons (Fsp3) is 0.0870. The van der Waals surface area contributed by atoms with Gasteiger partial charge in [0.25, 0.3) is 12.3 Å². The van der Waals surface area contributed by atoms with E-state index in [-0.39, 0.29) is 28.0 Å². The van der Waals surface area contributed by atoms with Gasteiger partial charge in [-0.15, -0.1) is 0 Å². The van der Waals surface area contributed by atoms with Gasteiger partial charge in [0.05, 0.1) is 22.5 Å². The number of alkyl halides is 2. The molecule has 0 fully saturated rings. The smallest absolute Gasteiger partial charge is 0.335 e. The number of amides is 1. The third-order valence-corrected chi connectivity index (χ3v) is 4.80. The number of carbonyl (C=O) groups is 2. The monoisotopic (exact) mass is 422 g/mol. The number of benzene rings is 2. The van der Waals surface area contributed by atoms with Gasteiger partial charge in [-0.2, -0.15) is 10.1 Å². The van der Waals surface area contributed by atoms with Gasteiger partial charge < -0.3 is 9.52 Å². The minimum atomic E-state index is -2.64. The van der Waals surface area contributed by atoms with Crippen molar-refractivity contribution in [3.05, 3.63) is 83.1 Å². The van der Waals surface area contributed by atoms with E-state index < -0.39 is 18.3 Å². The topological polar surface area (TPSA) is 83.1 Å². The molecule has 8 heteroatoms. The van der Waals surface area contributed by atoms with Crippen LogP contribution in [-0.4, -0.2) is 22.7 Å². The number of carboxylic acids is 1. The summed E-state index contributed by atoms with van der Waals surface area (Å²) in [4.78, 5) is 23.8. The van der Waals surface area contributed by atoms with E-state index >= 15 is 0 Å². The summed E-state index contributed by atoms with van der Waals surface area (Å²) in [6.45, 7) is 1.66. The maximum atomic E-state index is 13.3. The van der Waals surface area contributed by atoms with Crippen LogP contribution in [0.2, 0.25) is 0 Å². The molecule has 31 heavy (non-hydrogen) atoms. The minimum absolute atomic E-state index is 0.0963. The Morgan fingerprint density at radius 3 is 2.48 bits per heavy atom. The van der Waals surface area contributed by atoms with Crippen molar-refractivity contribution in [3.8, 4) is 11.3 Å². The van der Waals surface area contributed by atoms with Crippen LogP contribution in [0.4, 0.5) is 14.5 Å². The molecule has 3 aromatic rings. The Labute approximate surface area is 175 Å². The number of hydrogen-bond acceptors (Lipinski definition) is 4. The number of furan rings is 1. The standard InChI is InChI=1S/C23H16F2N2O4/c1-13-19(22(28)27(26-13)15-8-6-14(7-9-15)23(29)30)12-16-10-11-20(31-16)17-4-2-3-5-18(17)21(24)25/h2-12,21H,1H3,(H,29,30). The first-order valence-electron chi connectivity index (χ1n) is 9.27. The molecule has 0 saturated carbocycles. The zero-order valence-electron chi connectivity index (χ0n) is 16.3. The summed E-state index contributed by atoms with van der Waals surface area (Å²) in [6, 6.07) is 15.0. The van der Waals surface area contributed by atoms with Crippen molar-refractivity contribution in [2.45, 2.75) is 13.3 Å². The lowest BCUT2D eigenvalue weighted by molar-refractivity contribution is -0.114. The van der Waals surface area contributed by atoms with Crippen LogP contribution >= 0.6 is 0 Å². The van der Waals surface area contributed by atoms with Gasteiger partial charge in [-0.25, -0.2) is 13.6 Å². The Hall–Kier alpha value is -4.07. The summed E-state index contributed by atoms with van der Waals surface area (Å²) < 4.78 is 32.2. The number of hydrazone groups is 1. The molecule has 0 saturated heterocycles. The van der Waals surface area contributed by atoms with Gasteiger partial charge in [0, 0.05) is 11.1 Å². The van der Waals surface area contributed by atoms with Gasteiger partial charge in [0.1, 0.15) is 11.5 Å². The van der Waals surface area contributed by atoms with Crippen molar-refractivity contribution >= 4 is 29.4 Å². The predicted molar refractivity (Wildman–Crippen MR) is 111 cm³/mol. The fourth-order valence-electron chi connectivity index (χ4n) is 3.23. The zero-order chi connectivity index (χ0) is 22.1. The van der Waals surface area contributed by atoms with Crippen LogP contribution < -0.4 is 5.01 Å². The summed E-state index contributed by atoms with van der Waals surface area (Å²) in [5, 5.41) is 14.4. The van der Waals surface area contributed by atoms with Crippen molar-refractivity contribution in [1.29, 1.82) is 0 Å². The largest absolute Gasteiger partial charge is 0.478 e. The summed E-state index contributed by atoms with van der Waals surface area (Å²) in [6.07, 6.45) is -1.14. The van der Waals surface area contributed by atoms with Crippen molar-refractivity contribution in [3.63, 3.8) is 0 Å². The average molecular weight is 422 g/mol. The van der Waals surface area contributed by atoms with E-state index in [2.05, 4.69) is 5.10 Å². The Morgan fingerprint density at radius 1 is 1.10 bits per heavy atom. The number of carbonyl (C=O) groups excluding carboxylic acids is 1. The molecule has 2 heterocycles. The number of aromatic carboxylic acids is 1. The first-order chi connectivity index (χ1) is 14.8. The maximum Gasteiger partial charge on any atom is 0.335 e.